The number of nitrogens with zero attached hydrogens (tertiary/aromatic N) is 1. The molecular weight excluding hydrogens is 190 g/mol. The molecule has 0 saturated carbocycles. The number of hydrogen-bond donors (Lipinski definition) is 2. The molecule has 0 radical (unpaired) electrons. The molecule has 0 aliphatic rings. The lowest BCUT2D eigenvalue weighted by Gasteiger charge is -2.10. The summed E-state index contributed by atoms with van der Waals surface area (Å²) in [5.41, 5.74) is 1.16. The lowest BCUT2D eigenvalue weighted by Crippen LogP contribution is -2.29. The van der Waals surface area contributed by atoms with Crippen LogP contribution in [-0.4, -0.2) is 19.8 Å². The molecule has 0 bridgehead atoms. The Morgan fingerprint density at radius 2 is 2.07 bits per heavy atom. The Labute approximate surface area is 90.1 Å². The normalized spacial score (nSPS) is 12.3. The summed E-state index contributed by atoms with van der Waals surface area (Å²) in [6.45, 7) is 1.47. The van der Waals surface area contributed by atoms with E-state index < -0.39 is 0 Å². The van der Waals surface area contributed by atoms with Gasteiger partial charge in [0.1, 0.15) is 6.17 Å². The predicted molar refractivity (Wildman–Crippen MR) is 61.4 cm³/mol. The van der Waals surface area contributed by atoms with Gasteiger partial charge in [-0.2, -0.15) is 0 Å². The summed E-state index contributed by atoms with van der Waals surface area (Å²) in [4.78, 5) is 10.5. The highest BCUT2D eigenvalue weighted by molar-refractivity contribution is 5.14. The van der Waals surface area contributed by atoms with Gasteiger partial charge in [0.15, 0.2) is 0 Å². The van der Waals surface area contributed by atoms with Gasteiger partial charge in [-0.3, -0.25) is 5.32 Å². The zero-order valence-electron chi connectivity index (χ0n) is 8.94. The lowest BCUT2D eigenvalue weighted by atomic mass is 10.2. The molecule has 0 amide bonds. The molecule has 1 aromatic carbocycles. The average Bonchev–Trinajstić information content (AvgIpc) is 2.31. The highest BCUT2D eigenvalue weighted by Gasteiger charge is 2.06. The third-order valence-electron chi connectivity index (χ3n) is 2.18. The van der Waals surface area contributed by atoms with Crippen LogP contribution in [0.5, 0.6) is 0 Å². The van der Waals surface area contributed by atoms with Crippen LogP contribution in [0.3, 0.4) is 0 Å². The highest BCUT2D eigenvalue weighted by atomic mass is 16.3. The van der Waals surface area contributed by atoms with E-state index in [-0.39, 0.29) is 6.17 Å². The molecule has 2 N–H and O–H groups in total. The Balaban J connectivity index is 2.31. The number of benzene rings is 1. The number of nitrogens with one attached hydrogen (secondary N) is 2. The second-order valence-corrected chi connectivity index (χ2v) is 3.38. The standard InChI is InChI=1S/C11H17N3O/c1-12-8-7-11(14-15)13-9-10-5-3-2-4-6-10/h2-6,11-13H,7-9H2,1H3. The first kappa shape index (κ1) is 11.8. The smallest absolute Gasteiger partial charge is 0.143 e. The van der Waals surface area contributed by atoms with E-state index >= 15 is 0 Å². The van der Waals surface area contributed by atoms with Crippen LogP contribution in [0.2, 0.25) is 0 Å². The van der Waals surface area contributed by atoms with Gasteiger partial charge >= 0.3 is 0 Å². The molecule has 0 saturated heterocycles. The van der Waals surface area contributed by atoms with Crippen LogP contribution < -0.4 is 10.6 Å². The van der Waals surface area contributed by atoms with Crippen molar-refractivity contribution in [2.24, 2.45) is 5.18 Å². The third kappa shape index (κ3) is 4.67. The SMILES string of the molecule is CNCCC(N=O)NCc1ccccc1. The summed E-state index contributed by atoms with van der Waals surface area (Å²) < 4.78 is 0. The fraction of sp³-hybridized carbons (Fsp3) is 0.455. The van der Waals surface area contributed by atoms with E-state index in [1.807, 2.05) is 37.4 Å². The van der Waals surface area contributed by atoms with Crippen molar-refractivity contribution in [3.05, 3.63) is 40.8 Å². The van der Waals surface area contributed by atoms with Gasteiger partial charge in [0.25, 0.3) is 0 Å². The quantitative estimate of drug-likeness (QED) is 0.666. The van der Waals surface area contributed by atoms with Crippen LogP contribution in [0.15, 0.2) is 35.5 Å². The summed E-state index contributed by atoms with van der Waals surface area (Å²) >= 11 is 0. The number of nitroso groups, excluding NO2 is 1. The Morgan fingerprint density at radius 3 is 2.67 bits per heavy atom. The molecule has 0 aliphatic heterocycles. The molecule has 0 spiro atoms. The molecule has 1 rings (SSSR count). The summed E-state index contributed by atoms with van der Waals surface area (Å²) in [6, 6.07) is 9.97. The maximum absolute atomic E-state index is 10.5. The molecule has 4 nitrogen and oxygen atoms in total. The summed E-state index contributed by atoms with van der Waals surface area (Å²) in [7, 11) is 1.86. The van der Waals surface area contributed by atoms with Gasteiger partial charge in [0, 0.05) is 6.54 Å². The zero-order valence-corrected chi connectivity index (χ0v) is 8.94. The molecule has 0 aliphatic carbocycles. The van der Waals surface area contributed by atoms with E-state index in [0.29, 0.717) is 13.0 Å². The van der Waals surface area contributed by atoms with Crippen LogP contribution in [0, 0.1) is 4.91 Å². The van der Waals surface area contributed by atoms with Crippen molar-refractivity contribution in [2.45, 2.75) is 19.1 Å². The first-order valence-corrected chi connectivity index (χ1v) is 5.11. The van der Waals surface area contributed by atoms with Crippen LogP contribution >= 0.6 is 0 Å². The Morgan fingerprint density at radius 1 is 1.33 bits per heavy atom. The molecular formula is C11H17N3O. The zero-order chi connectivity index (χ0) is 10.9. The van der Waals surface area contributed by atoms with Crippen molar-refractivity contribution in [1.82, 2.24) is 10.6 Å². The van der Waals surface area contributed by atoms with E-state index in [2.05, 4.69) is 15.8 Å². The first-order valence-electron chi connectivity index (χ1n) is 5.11. The molecule has 82 valence electrons. The monoisotopic (exact) mass is 207 g/mol. The van der Waals surface area contributed by atoms with Crippen LogP contribution in [0.1, 0.15) is 12.0 Å². The second kappa shape index (κ2) is 7.09. The highest BCUT2D eigenvalue weighted by Crippen LogP contribution is 2.00. The maximum Gasteiger partial charge on any atom is 0.143 e. The minimum atomic E-state index is -0.308. The largest absolute Gasteiger partial charge is 0.320 e. The van der Waals surface area contributed by atoms with Gasteiger partial charge in [0.2, 0.25) is 0 Å². The lowest BCUT2D eigenvalue weighted by molar-refractivity contribution is 0.484. The predicted octanol–water partition coefficient (Wildman–Crippen LogP) is 1.48. The van der Waals surface area contributed by atoms with Crippen molar-refractivity contribution in [1.29, 1.82) is 0 Å². The fourth-order valence-corrected chi connectivity index (χ4v) is 1.30. The molecule has 0 fully saturated rings. The van der Waals surface area contributed by atoms with Gasteiger partial charge in [-0.15, -0.1) is 4.91 Å². The minimum absolute atomic E-state index is 0.308. The van der Waals surface area contributed by atoms with Crippen LogP contribution in [0.25, 0.3) is 0 Å². The Bertz CT molecular complexity index is 276. The Kier molecular flexibility index (Phi) is 5.58. The summed E-state index contributed by atoms with van der Waals surface area (Å²) in [6.07, 6.45) is 0.407. The minimum Gasteiger partial charge on any atom is -0.320 e. The average molecular weight is 207 g/mol. The van der Waals surface area contributed by atoms with Gasteiger partial charge in [-0.1, -0.05) is 35.5 Å². The molecule has 4 heteroatoms. The maximum atomic E-state index is 10.5. The summed E-state index contributed by atoms with van der Waals surface area (Å²) in [5.74, 6) is 0. The molecule has 1 unspecified atom stereocenters. The van der Waals surface area contributed by atoms with Gasteiger partial charge in [0.05, 0.1) is 0 Å². The first-order chi connectivity index (χ1) is 7.36. The van der Waals surface area contributed by atoms with Gasteiger partial charge in [-0.05, 0) is 25.6 Å². The number of rotatable bonds is 7. The van der Waals surface area contributed by atoms with Gasteiger partial charge < -0.3 is 5.32 Å². The van der Waals surface area contributed by atoms with Crippen LogP contribution in [0.4, 0.5) is 0 Å². The molecule has 1 atom stereocenters. The van der Waals surface area contributed by atoms with Crippen molar-refractivity contribution in [3.63, 3.8) is 0 Å². The van der Waals surface area contributed by atoms with Crippen LogP contribution in [-0.2, 0) is 6.54 Å². The fourth-order valence-electron chi connectivity index (χ4n) is 1.30. The van der Waals surface area contributed by atoms with E-state index in [0.717, 1.165) is 12.1 Å². The molecule has 0 heterocycles. The van der Waals surface area contributed by atoms with Gasteiger partial charge in [-0.25, -0.2) is 0 Å². The molecule has 0 aromatic heterocycles. The van der Waals surface area contributed by atoms with Crippen molar-refractivity contribution in [2.75, 3.05) is 13.6 Å². The Hall–Kier alpha value is -1.26. The second-order valence-electron chi connectivity index (χ2n) is 3.38. The van der Waals surface area contributed by atoms with Crippen molar-refractivity contribution in [3.8, 4) is 0 Å². The van der Waals surface area contributed by atoms with E-state index in [4.69, 9.17) is 0 Å². The number of hydrogen-bond acceptors (Lipinski definition) is 4. The molecule has 1 aromatic rings. The van der Waals surface area contributed by atoms with E-state index in [9.17, 15) is 4.91 Å². The van der Waals surface area contributed by atoms with Crippen molar-refractivity contribution < 1.29 is 0 Å². The van der Waals surface area contributed by atoms with Crippen molar-refractivity contribution >= 4 is 0 Å². The summed E-state index contributed by atoms with van der Waals surface area (Å²) in [5, 5.41) is 9.13. The molecule has 15 heavy (non-hydrogen) atoms. The van der Waals surface area contributed by atoms with E-state index in [1.165, 1.54) is 0 Å². The third-order valence-corrected chi connectivity index (χ3v) is 2.18. The van der Waals surface area contributed by atoms with E-state index in [1.54, 1.807) is 0 Å². The topological polar surface area (TPSA) is 53.5 Å².